The van der Waals surface area contributed by atoms with Crippen LogP contribution in [0.15, 0.2) is 79.4 Å². The number of H-pyrrole nitrogens is 1. The van der Waals surface area contributed by atoms with Crippen molar-refractivity contribution >= 4 is 34.4 Å². The van der Waals surface area contributed by atoms with Crippen molar-refractivity contribution in [3.63, 3.8) is 0 Å². The number of nitrogens with one attached hydrogen (secondary N) is 5. The third-order valence-electron chi connectivity index (χ3n) is 11.4. The smallest absolute Gasteiger partial charge is 0.258 e. The summed E-state index contributed by atoms with van der Waals surface area (Å²) in [5.41, 5.74) is 1.36. The monoisotopic (exact) mass is 795 g/mol. The van der Waals surface area contributed by atoms with E-state index < -0.39 is 42.0 Å². The molecule has 1 aliphatic rings. The predicted octanol–water partition coefficient (Wildman–Crippen LogP) is 5.39. The molecule has 1 saturated carbocycles. The van der Waals surface area contributed by atoms with Crippen LogP contribution in [-0.4, -0.2) is 74.5 Å². The van der Waals surface area contributed by atoms with Crippen LogP contribution >= 0.6 is 0 Å². The molecular weight excluding hydrogens is 735 g/mol. The van der Waals surface area contributed by atoms with Crippen LogP contribution in [0.4, 0.5) is 0 Å². The molecule has 312 valence electrons. The number of pyridine rings is 1. The van der Waals surface area contributed by atoms with Crippen molar-refractivity contribution in [2.75, 3.05) is 6.61 Å². The second kappa shape index (κ2) is 22.0. The van der Waals surface area contributed by atoms with Crippen LogP contribution in [0, 0.1) is 23.7 Å². The summed E-state index contributed by atoms with van der Waals surface area (Å²) in [6.45, 7) is 7.66. The number of amides is 4. The maximum absolute atomic E-state index is 14.2. The second-order valence-electron chi connectivity index (χ2n) is 16.1. The van der Waals surface area contributed by atoms with Crippen LogP contribution in [0.2, 0.25) is 0 Å². The normalized spacial score (nSPS) is 16.4. The zero-order valence-electron chi connectivity index (χ0n) is 34.3. The summed E-state index contributed by atoms with van der Waals surface area (Å²) < 4.78 is 5.93. The summed E-state index contributed by atoms with van der Waals surface area (Å²) in [5, 5.41) is 25.7. The number of carbonyl (C=O) groups is 4. The average molecular weight is 796 g/mol. The van der Waals surface area contributed by atoms with Gasteiger partial charge in [0.05, 0.1) is 30.7 Å². The number of aliphatic hydroxyl groups is 1. The molecule has 6 atom stereocenters. The Labute approximate surface area is 341 Å². The van der Waals surface area contributed by atoms with Crippen molar-refractivity contribution in [3.8, 4) is 5.75 Å². The molecule has 2 heterocycles. The van der Waals surface area contributed by atoms with E-state index >= 15 is 0 Å². The summed E-state index contributed by atoms with van der Waals surface area (Å²) in [4.78, 5) is 66.5. The standard InChI is InChI=1S/C45H61N7O6/c1-5-30(4)42(45(57)48-26-33-18-11-12-21-47-33)52-43(55)36(29(2)3)24-39(53)37(22-31-14-7-6-8-15-31)51-44(56)38(23-34-25-46-28-49-34)50-41(54)27-58-40-20-13-17-32-16-9-10-19-35(32)40/h9-13,16-21,25,28-31,36-39,42,53H,5-8,14-15,22-24,26-27H2,1-4H3,(H,46,49)(H,48,57)(H,50,54)(H,51,56)(H,52,55). The summed E-state index contributed by atoms with van der Waals surface area (Å²) >= 11 is 0. The largest absolute Gasteiger partial charge is 0.483 e. The lowest BCUT2D eigenvalue weighted by atomic mass is 9.81. The summed E-state index contributed by atoms with van der Waals surface area (Å²) in [6, 6.07) is 16.4. The first-order valence-electron chi connectivity index (χ1n) is 20.9. The third kappa shape index (κ3) is 12.9. The molecule has 0 bridgehead atoms. The molecule has 2 aromatic heterocycles. The first kappa shape index (κ1) is 43.8. The highest BCUT2D eigenvalue weighted by Gasteiger charge is 2.36. The van der Waals surface area contributed by atoms with Gasteiger partial charge in [-0.05, 0) is 54.2 Å². The van der Waals surface area contributed by atoms with Crippen molar-refractivity contribution in [2.24, 2.45) is 23.7 Å². The van der Waals surface area contributed by atoms with E-state index in [4.69, 9.17) is 4.74 Å². The molecule has 1 fully saturated rings. The molecule has 0 saturated heterocycles. The Bertz CT molecular complexity index is 1890. The SMILES string of the molecule is CCC(C)C(NC(=O)C(CC(O)C(CC1CCCCC1)NC(=O)C(Cc1cnc[nH]1)NC(=O)COc1cccc2ccccc12)C(C)C)C(=O)NCc1ccccn1. The van der Waals surface area contributed by atoms with Crippen LogP contribution in [0.25, 0.3) is 10.8 Å². The van der Waals surface area contributed by atoms with Crippen LogP contribution in [0.3, 0.4) is 0 Å². The van der Waals surface area contributed by atoms with E-state index in [2.05, 4.69) is 36.2 Å². The van der Waals surface area contributed by atoms with Gasteiger partial charge in [-0.15, -0.1) is 0 Å². The number of aromatic amines is 1. The van der Waals surface area contributed by atoms with Crippen molar-refractivity contribution in [1.82, 2.24) is 36.2 Å². The molecular formula is C45H61N7O6. The molecule has 13 nitrogen and oxygen atoms in total. The third-order valence-corrected chi connectivity index (χ3v) is 11.4. The molecule has 0 radical (unpaired) electrons. The quantitative estimate of drug-likeness (QED) is 0.0648. The van der Waals surface area contributed by atoms with Crippen LogP contribution in [0.1, 0.15) is 90.4 Å². The van der Waals surface area contributed by atoms with Gasteiger partial charge < -0.3 is 36.1 Å². The Morgan fingerprint density at radius 3 is 2.36 bits per heavy atom. The van der Waals surface area contributed by atoms with E-state index in [0.717, 1.165) is 42.9 Å². The zero-order valence-corrected chi connectivity index (χ0v) is 34.3. The second-order valence-corrected chi connectivity index (χ2v) is 16.1. The highest BCUT2D eigenvalue weighted by atomic mass is 16.5. The maximum atomic E-state index is 14.2. The molecule has 1 aliphatic carbocycles. The van der Waals surface area contributed by atoms with Crippen LogP contribution < -0.4 is 26.0 Å². The van der Waals surface area contributed by atoms with Gasteiger partial charge in [-0.2, -0.15) is 0 Å². The van der Waals surface area contributed by atoms with Gasteiger partial charge in [0.1, 0.15) is 17.8 Å². The lowest BCUT2D eigenvalue weighted by Crippen LogP contribution is -2.55. The first-order chi connectivity index (χ1) is 28.0. The molecule has 13 heteroatoms. The fourth-order valence-electron chi connectivity index (χ4n) is 7.76. The van der Waals surface area contributed by atoms with Crippen molar-refractivity contribution in [2.45, 2.75) is 116 Å². The Hall–Kier alpha value is -5.30. The Morgan fingerprint density at radius 2 is 1.66 bits per heavy atom. The van der Waals surface area contributed by atoms with Gasteiger partial charge in [0.15, 0.2) is 6.61 Å². The first-order valence-corrected chi connectivity index (χ1v) is 20.9. The molecule has 58 heavy (non-hydrogen) atoms. The Balaban J connectivity index is 1.29. The number of aromatic nitrogens is 3. The maximum Gasteiger partial charge on any atom is 0.258 e. The number of aliphatic hydroxyl groups excluding tert-OH is 1. The van der Waals surface area contributed by atoms with Gasteiger partial charge in [0, 0.05) is 35.8 Å². The highest BCUT2D eigenvalue weighted by Crippen LogP contribution is 2.30. The number of hydrogen-bond acceptors (Lipinski definition) is 8. The topological polar surface area (TPSA) is 187 Å². The average Bonchev–Trinajstić information content (AvgIpc) is 3.76. The van der Waals surface area contributed by atoms with Gasteiger partial charge in [-0.3, -0.25) is 24.2 Å². The minimum absolute atomic E-state index is 0.0698. The van der Waals surface area contributed by atoms with E-state index in [9.17, 15) is 24.3 Å². The minimum Gasteiger partial charge on any atom is -0.483 e. The number of rotatable bonds is 21. The number of imidazole rings is 1. The molecule has 0 aliphatic heterocycles. The fourth-order valence-corrected chi connectivity index (χ4v) is 7.76. The predicted molar refractivity (Wildman–Crippen MR) is 223 cm³/mol. The summed E-state index contributed by atoms with van der Waals surface area (Å²) in [7, 11) is 0. The molecule has 6 N–H and O–H groups in total. The Kier molecular flexibility index (Phi) is 16.6. The van der Waals surface area contributed by atoms with E-state index in [0.29, 0.717) is 30.0 Å². The summed E-state index contributed by atoms with van der Waals surface area (Å²) in [6.07, 6.45) is 10.4. The fraction of sp³-hybridized carbons (Fsp3) is 0.511. The van der Waals surface area contributed by atoms with E-state index in [1.807, 2.05) is 76.2 Å². The lowest BCUT2D eigenvalue weighted by Gasteiger charge is -2.34. The molecule has 2 aromatic carbocycles. The van der Waals surface area contributed by atoms with E-state index in [1.165, 1.54) is 6.33 Å². The molecule has 4 amide bonds. The minimum atomic E-state index is -1.08. The van der Waals surface area contributed by atoms with Gasteiger partial charge in [0.25, 0.3) is 5.91 Å². The van der Waals surface area contributed by atoms with Gasteiger partial charge >= 0.3 is 0 Å². The van der Waals surface area contributed by atoms with Crippen molar-refractivity contribution < 1.29 is 29.0 Å². The van der Waals surface area contributed by atoms with Crippen molar-refractivity contribution in [1.29, 1.82) is 0 Å². The van der Waals surface area contributed by atoms with E-state index in [1.54, 1.807) is 24.5 Å². The number of ether oxygens (including phenoxy) is 1. The number of carbonyl (C=O) groups excluding carboxylic acids is 4. The summed E-state index contributed by atoms with van der Waals surface area (Å²) in [5.74, 6) is -1.70. The van der Waals surface area contributed by atoms with Crippen LogP contribution in [0.5, 0.6) is 5.75 Å². The van der Waals surface area contributed by atoms with Crippen LogP contribution in [-0.2, 0) is 32.1 Å². The van der Waals surface area contributed by atoms with Gasteiger partial charge in [0.2, 0.25) is 17.7 Å². The number of benzene rings is 2. The highest BCUT2D eigenvalue weighted by molar-refractivity contribution is 5.91. The van der Waals surface area contributed by atoms with Gasteiger partial charge in [-0.1, -0.05) is 109 Å². The van der Waals surface area contributed by atoms with E-state index in [-0.39, 0.29) is 55.6 Å². The molecule has 5 rings (SSSR count). The molecule has 0 spiro atoms. The van der Waals surface area contributed by atoms with Crippen molar-refractivity contribution in [3.05, 3.63) is 90.8 Å². The zero-order chi connectivity index (χ0) is 41.4. The molecule has 6 unspecified atom stereocenters. The lowest BCUT2D eigenvalue weighted by molar-refractivity contribution is -0.134. The number of nitrogens with zero attached hydrogens (tertiary/aromatic N) is 2. The number of hydrogen-bond donors (Lipinski definition) is 6. The molecule has 4 aromatic rings. The number of fused-ring (bicyclic) bond motifs is 1. The van der Waals surface area contributed by atoms with Gasteiger partial charge in [-0.25, -0.2) is 4.98 Å². The Morgan fingerprint density at radius 1 is 0.897 bits per heavy atom.